The van der Waals surface area contributed by atoms with Crippen molar-refractivity contribution in [2.75, 3.05) is 26.2 Å². The number of nitrogens with one attached hydrogen (secondary N) is 1. The van der Waals surface area contributed by atoms with E-state index in [1.54, 1.807) is 0 Å². The lowest BCUT2D eigenvalue weighted by Crippen LogP contribution is -2.25. The van der Waals surface area contributed by atoms with Gasteiger partial charge in [0, 0.05) is 25.2 Å². The minimum absolute atomic E-state index is 0.728. The van der Waals surface area contributed by atoms with Crippen LogP contribution in [-0.2, 0) is 6.54 Å². The molecule has 2 aromatic rings. The molecule has 3 heterocycles. The van der Waals surface area contributed by atoms with Gasteiger partial charge in [-0.25, -0.2) is 4.98 Å². The highest BCUT2D eigenvalue weighted by molar-refractivity contribution is 5.53. The average Bonchev–Trinajstić information content (AvgIpc) is 3.16. The second-order valence-electron chi connectivity index (χ2n) is 6.38. The fourth-order valence-corrected chi connectivity index (χ4v) is 3.52. The predicted octanol–water partition coefficient (Wildman–Crippen LogP) is 2.30. The molecule has 2 aliphatic rings. The molecular weight excluding hydrogens is 262 g/mol. The summed E-state index contributed by atoms with van der Waals surface area (Å²) in [4.78, 5) is 7.15. The molecule has 21 heavy (non-hydrogen) atoms. The van der Waals surface area contributed by atoms with Gasteiger partial charge in [-0.15, -0.1) is 0 Å². The summed E-state index contributed by atoms with van der Waals surface area (Å²) in [6, 6.07) is 8.31. The second kappa shape index (κ2) is 5.28. The molecule has 0 radical (unpaired) electrons. The maximum Gasteiger partial charge on any atom is 0.226 e. The van der Waals surface area contributed by atoms with Gasteiger partial charge < -0.3 is 9.73 Å². The molecule has 0 saturated carbocycles. The van der Waals surface area contributed by atoms with Crippen LogP contribution in [0.2, 0.25) is 0 Å². The molecule has 2 fully saturated rings. The van der Waals surface area contributed by atoms with Crippen molar-refractivity contribution in [2.45, 2.75) is 13.5 Å². The van der Waals surface area contributed by atoms with Crippen LogP contribution >= 0.6 is 0 Å². The molecule has 0 amide bonds. The van der Waals surface area contributed by atoms with Gasteiger partial charge in [-0.3, -0.25) is 4.90 Å². The molecule has 4 heteroatoms. The van der Waals surface area contributed by atoms with Gasteiger partial charge in [-0.1, -0.05) is 17.7 Å². The van der Waals surface area contributed by atoms with Gasteiger partial charge in [0.1, 0.15) is 6.26 Å². The second-order valence-corrected chi connectivity index (χ2v) is 6.38. The van der Waals surface area contributed by atoms with Crippen LogP contribution in [0.4, 0.5) is 0 Å². The molecule has 1 N–H and O–H groups in total. The molecule has 4 nitrogen and oxygen atoms in total. The first-order valence-electron chi connectivity index (χ1n) is 7.72. The van der Waals surface area contributed by atoms with Crippen molar-refractivity contribution in [2.24, 2.45) is 11.8 Å². The first-order valence-corrected chi connectivity index (χ1v) is 7.72. The highest BCUT2D eigenvalue weighted by atomic mass is 16.3. The average molecular weight is 283 g/mol. The molecular formula is C17H21N3O. The van der Waals surface area contributed by atoms with Gasteiger partial charge in [0.15, 0.2) is 0 Å². The number of hydrogen-bond acceptors (Lipinski definition) is 4. The molecule has 4 rings (SSSR count). The summed E-state index contributed by atoms with van der Waals surface area (Å²) >= 11 is 0. The van der Waals surface area contributed by atoms with Gasteiger partial charge in [0.2, 0.25) is 5.89 Å². The lowest BCUT2D eigenvalue weighted by Gasteiger charge is -2.14. The van der Waals surface area contributed by atoms with Crippen molar-refractivity contribution in [3.63, 3.8) is 0 Å². The zero-order valence-electron chi connectivity index (χ0n) is 12.4. The minimum Gasteiger partial charge on any atom is -0.444 e. The SMILES string of the molecule is Cc1ccc(-c2nc(CN3CC4CNCC4C3)co2)cc1. The Bertz CT molecular complexity index is 607. The first-order chi connectivity index (χ1) is 10.3. The number of oxazole rings is 1. The van der Waals surface area contributed by atoms with E-state index in [-0.39, 0.29) is 0 Å². The van der Waals surface area contributed by atoms with E-state index in [4.69, 9.17) is 4.42 Å². The summed E-state index contributed by atoms with van der Waals surface area (Å²) < 4.78 is 5.64. The molecule has 110 valence electrons. The maximum atomic E-state index is 5.64. The monoisotopic (exact) mass is 283 g/mol. The van der Waals surface area contributed by atoms with Gasteiger partial charge in [0.05, 0.1) is 5.69 Å². The van der Waals surface area contributed by atoms with Crippen LogP contribution in [0.25, 0.3) is 11.5 Å². The largest absolute Gasteiger partial charge is 0.444 e. The number of fused-ring (bicyclic) bond motifs is 1. The third-order valence-electron chi connectivity index (χ3n) is 4.70. The normalized spacial score (nSPS) is 25.4. The summed E-state index contributed by atoms with van der Waals surface area (Å²) in [7, 11) is 0. The Balaban J connectivity index is 1.44. The van der Waals surface area contributed by atoms with E-state index >= 15 is 0 Å². The van der Waals surface area contributed by atoms with Crippen LogP contribution in [0.5, 0.6) is 0 Å². The zero-order valence-corrected chi connectivity index (χ0v) is 12.4. The van der Waals surface area contributed by atoms with Gasteiger partial charge in [-0.05, 0) is 44.0 Å². The van der Waals surface area contributed by atoms with Crippen LogP contribution in [0, 0.1) is 18.8 Å². The topological polar surface area (TPSA) is 41.3 Å². The number of nitrogens with zero attached hydrogens (tertiary/aromatic N) is 2. The van der Waals surface area contributed by atoms with E-state index in [1.807, 2.05) is 6.26 Å². The van der Waals surface area contributed by atoms with Crippen molar-refractivity contribution in [3.8, 4) is 11.5 Å². The van der Waals surface area contributed by atoms with Crippen molar-refractivity contribution >= 4 is 0 Å². The zero-order chi connectivity index (χ0) is 14.2. The highest BCUT2D eigenvalue weighted by Gasteiger charge is 2.36. The number of hydrogen-bond donors (Lipinski definition) is 1. The highest BCUT2D eigenvalue weighted by Crippen LogP contribution is 2.28. The smallest absolute Gasteiger partial charge is 0.226 e. The molecule has 0 spiro atoms. The van der Waals surface area contributed by atoms with E-state index in [0.29, 0.717) is 0 Å². The fraction of sp³-hybridized carbons (Fsp3) is 0.471. The summed E-state index contributed by atoms with van der Waals surface area (Å²) in [5.41, 5.74) is 3.34. The summed E-state index contributed by atoms with van der Waals surface area (Å²) in [6.07, 6.45) is 1.81. The van der Waals surface area contributed by atoms with Crippen LogP contribution in [0.15, 0.2) is 34.9 Å². The van der Waals surface area contributed by atoms with Crippen molar-refractivity contribution in [1.29, 1.82) is 0 Å². The Kier molecular flexibility index (Phi) is 3.28. The molecule has 0 aliphatic carbocycles. The molecule has 2 atom stereocenters. The van der Waals surface area contributed by atoms with Crippen molar-refractivity contribution < 1.29 is 4.42 Å². The third kappa shape index (κ3) is 2.61. The molecule has 2 saturated heterocycles. The fourth-order valence-electron chi connectivity index (χ4n) is 3.52. The number of rotatable bonds is 3. The van der Waals surface area contributed by atoms with E-state index in [2.05, 4.69) is 46.4 Å². The van der Waals surface area contributed by atoms with E-state index < -0.39 is 0 Å². The summed E-state index contributed by atoms with van der Waals surface area (Å²) in [5, 5.41) is 3.48. The number of benzene rings is 1. The number of aromatic nitrogens is 1. The molecule has 2 unspecified atom stereocenters. The Hall–Kier alpha value is -1.65. The third-order valence-corrected chi connectivity index (χ3v) is 4.70. The van der Waals surface area contributed by atoms with E-state index in [1.165, 1.54) is 31.7 Å². The number of likely N-dealkylation sites (tertiary alicyclic amines) is 1. The van der Waals surface area contributed by atoms with Crippen LogP contribution < -0.4 is 5.32 Å². The van der Waals surface area contributed by atoms with Crippen LogP contribution in [0.1, 0.15) is 11.3 Å². The molecule has 0 bridgehead atoms. The maximum absolute atomic E-state index is 5.64. The first kappa shape index (κ1) is 13.0. The van der Waals surface area contributed by atoms with E-state index in [9.17, 15) is 0 Å². The summed E-state index contributed by atoms with van der Waals surface area (Å²) in [5.74, 6) is 2.38. The standard InChI is InChI=1S/C17H21N3O/c1-12-2-4-13(5-3-12)17-19-16(11-21-17)10-20-8-14-6-18-7-15(14)9-20/h2-5,11,14-15,18H,6-10H2,1H3. The van der Waals surface area contributed by atoms with E-state index in [0.717, 1.165) is 35.5 Å². The van der Waals surface area contributed by atoms with Crippen molar-refractivity contribution in [1.82, 2.24) is 15.2 Å². The predicted molar refractivity (Wildman–Crippen MR) is 81.8 cm³/mol. The quantitative estimate of drug-likeness (QED) is 0.938. The number of aryl methyl sites for hydroxylation is 1. The van der Waals surface area contributed by atoms with Gasteiger partial charge in [0.25, 0.3) is 0 Å². The Morgan fingerprint density at radius 2 is 1.90 bits per heavy atom. The summed E-state index contributed by atoms with van der Waals surface area (Å²) in [6.45, 7) is 7.71. The molecule has 1 aromatic heterocycles. The lowest BCUT2D eigenvalue weighted by molar-refractivity contribution is 0.302. The van der Waals surface area contributed by atoms with Crippen LogP contribution in [-0.4, -0.2) is 36.1 Å². The Morgan fingerprint density at radius 1 is 1.19 bits per heavy atom. The Morgan fingerprint density at radius 3 is 2.62 bits per heavy atom. The molecule has 2 aliphatic heterocycles. The molecule has 1 aromatic carbocycles. The van der Waals surface area contributed by atoms with Crippen LogP contribution in [0.3, 0.4) is 0 Å². The minimum atomic E-state index is 0.728. The Labute approximate surface area is 125 Å². The van der Waals surface area contributed by atoms with Crippen molar-refractivity contribution in [3.05, 3.63) is 41.8 Å². The van der Waals surface area contributed by atoms with Gasteiger partial charge in [-0.2, -0.15) is 0 Å². The van der Waals surface area contributed by atoms with Gasteiger partial charge >= 0.3 is 0 Å². The lowest BCUT2D eigenvalue weighted by atomic mass is 10.0.